The molecular formula is C19H21ClN2O4. The summed E-state index contributed by atoms with van der Waals surface area (Å²) >= 11 is 6.18. The van der Waals surface area contributed by atoms with Crippen LogP contribution in [0.25, 0.3) is 0 Å². The molecule has 0 saturated heterocycles. The standard InChI is InChI=1S/C19H21ClN2O4/c1-4-25-19(24)22-14-7-5-6-13(10-14)18(23)21-15-8-9-17(16(20)11-15)26-12(2)3/h5-12H,4H2,1-3H3,(H,21,23)(H,22,24). The van der Waals surface area contributed by atoms with Crippen LogP contribution in [-0.2, 0) is 4.74 Å². The van der Waals surface area contributed by atoms with E-state index in [0.29, 0.717) is 27.7 Å². The molecule has 138 valence electrons. The van der Waals surface area contributed by atoms with Crippen molar-refractivity contribution in [3.05, 3.63) is 53.1 Å². The lowest BCUT2D eigenvalue weighted by molar-refractivity contribution is 0.102. The minimum atomic E-state index is -0.572. The molecule has 2 N–H and O–H groups in total. The van der Waals surface area contributed by atoms with Gasteiger partial charge in [0.25, 0.3) is 5.91 Å². The topological polar surface area (TPSA) is 76.7 Å². The number of nitrogens with one attached hydrogen (secondary N) is 2. The largest absolute Gasteiger partial charge is 0.489 e. The molecule has 2 aromatic rings. The van der Waals surface area contributed by atoms with Gasteiger partial charge in [0.15, 0.2) is 0 Å². The first-order valence-electron chi connectivity index (χ1n) is 8.20. The molecule has 0 aliphatic rings. The van der Waals surface area contributed by atoms with E-state index in [2.05, 4.69) is 10.6 Å². The molecule has 0 aromatic heterocycles. The first-order chi connectivity index (χ1) is 12.4. The third-order valence-corrected chi connectivity index (χ3v) is 3.49. The number of carbonyl (C=O) groups excluding carboxylic acids is 2. The first kappa shape index (κ1) is 19.6. The molecule has 0 radical (unpaired) electrons. The van der Waals surface area contributed by atoms with Crippen LogP contribution < -0.4 is 15.4 Å². The summed E-state index contributed by atoms with van der Waals surface area (Å²) in [4.78, 5) is 23.9. The first-order valence-corrected chi connectivity index (χ1v) is 8.58. The second-order valence-corrected chi connectivity index (χ2v) is 6.10. The van der Waals surface area contributed by atoms with Crippen LogP contribution in [0, 0.1) is 0 Å². The molecule has 2 rings (SSSR count). The van der Waals surface area contributed by atoms with Crippen molar-refractivity contribution in [1.82, 2.24) is 0 Å². The molecule has 0 aliphatic carbocycles. The second kappa shape index (κ2) is 9.10. The maximum Gasteiger partial charge on any atom is 0.411 e. The van der Waals surface area contributed by atoms with Gasteiger partial charge in [-0.2, -0.15) is 0 Å². The number of anilines is 2. The van der Waals surface area contributed by atoms with Crippen LogP contribution in [0.15, 0.2) is 42.5 Å². The van der Waals surface area contributed by atoms with E-state index >= 15 is 0 Å². The predicted molar refractivity (Wildman–Crippen MR) is 102 cm³/mol. The van der Waals surface area contributed by atoms with Crippen LogP contribution in [-0.4, -0.2) is 24.7 Å². The Hall–Kier alpha value is -2.73. The van der Waals surface area contributed by atoms with Crippen LogP contribution in [0.2, 0.25) is 5.02 Å². The van der Waals surface area contributed by atoms with Gasteiger partial charge in [-0.15, -0.1) is 0 Å². The van der Waals surface area contributed by atoms with E-state index in [1.165, 1.54) is 0 Å². The highest BCUT2D eigenvalue weighted by atomic mass is 35.5. The number of benzene rings is 2. The summed E-state index contributed by atoms with van der Waals surface area (Å²) in [6, 6.07) is 11.6. The Morgan fingerprint density at radius 2 is 1.81 bits per heavy atom. The average molecular weight is 377 g/mol. The minimum absolute atomic E-state index is 0.00239. The highest BCUT2D eigenvalue weighted by molar-refractivity contribution is 6.32. The van der Waals surface area contributed by atoms with Crippen molar-refractivity contribution in [3.8, 4) is 5.75 Å². The monoisotopic (exact) mass is 376 g/mol. The van der Waals surface area contributed by atoms with Gasteiger partial charge in [-0.05, 0) is 57.2 Å². The van der Waals surface area contributed by atoms with Gasteiger partial charge >= 0.3 is 6.09 Å². The summed E-state index contributed by atoms with van der Waals surface area (Å²) in [7, 11) is 0. The Balaban J connectivity index is 2.08. The SMILES string of the molecule is CCOC(=O)Nc1cccc(C(=O)Nc2ccc(OC(C)C)c(Cl)c2)c1. The van der Waals surface area contributed by atoms with E-state index in [0.717, 1.165) is 0 Å². The summed E-state index contributed by atoms with van der Waals surface area (Å²) in [5, 5.41) is 5.73. The number of halogens is 1. The van der Waals surface area contributed by atoms with E-state index in [9.17, 15) is 9.59 Å². The van der Waals surface area contributed by atoms with Gasteiger partial charge in [-0.1, -0.05) is 17.7 Å². The summed E-state index contributed by atoms with van der Waals surface area (Å²) in [5.74, 6) is 0.228. The third kappa shape index (κ3) is 5.67. The molecule has 6 nitrogen and oxygen atoms in total. The van der Waals surface area contributed by atoms with Crippen molar-refractivity contribution < 1.29 is 19.1 Å². The zero-order valence-electron chi connectivity index (χ0n) is 14.8. The van der Waals surface area contributed by atoms with Crippen LogP contribution in [0.3, 0.4) is 0 Å². The number of carbonyl (C=O) groups is 2. The Kier molecular flexibility index (Phi) is 6.86. The van der Waals surface area contributed by atoms with Gasteiger partial charge in [0.2, 0.25) is 0 Å². The number of rotatable bonds is 6. The van der Waals surface area contributed by atoms with Crippen molar-refractivity contribution in [2.24, 2.45) is 0 Å². The normalized spacial score (nSPS) is 10.3. The molecule has 7 heteroatoms. The summed E-state index contributed by atoms with van der Waals surface area (Å²) < 4.78 is 10.4. The fourth-order valence-corrected chi connectivity index (χ4v) is 2.38. The summed E-state index contributed by atoms with van der Waals surface area (Å²) in [6.45, 7) is 5.79. The van der Waals surface area contributed by atoms with E-state index in [4.69, 9.17) is 21.1 Å². The minimum Gasteiger partial charge on any atom is -0.489 e. The van der Waals surface area contributed by atoms with Gasteiger partial charge < -0.3 is 14.8 Å². The molecule has 0 saturated carbocycles. The molecule has 2 amide bonds. The van der Waals surface area contributed by atoms with E-state index in [1.807, 2.05) is 13.8 Å². The lowest BCUT2D eigenvalue weighted by Gasteiger charge is -2.13. The molecule has 0 heterocycles. The van der Waals surface area contributed by atoms with Crippen molar-refractivity contribution >= 4 is 35.0 Å². The van der Waals surface area contributed by atoms with Crippen LogP contribution in [0.1, 0.15) is 31.1 Å². The van der Waals surface area contributed by atoms with Crippen LogP contribution in [0.5, 0.6) is 5.75 Å². The fourth-order valence-electron chi connectivity index (χ4n) is 2.15. The lowest BCUT2D eigenvalue weighted by Crippen LogP contribution is -2.15. The van der Waals surface area contributed by atoms with Crippen molar-refractivity contribution in [3.63, 3.8) is 0 Å². The number of amides is 2. The summed E-state index contributed by atoms with van der Waals surface area (Å²) in [5.41, 5.74) is 1.40. The quantitative estimate of drug-likeness (QED) is 0.747. The summed E-state index contributed by atoms with van der Waals surface area (Å²) in [6.07, 6.45) is -0.569. The smallest absolute Gasteiger partial charge is 0.411 e. The second-order valence-electron chi connectivity index (χ2n) is 5.69. The average Bonchev–Trinajstić information content (AvgIpc) is 2.57. The van der Waals surface area contributed by atoms with E-state index < -0.39 is 6.09 Å². The molecule has 0 atom stereocenters. The van der Waals surface area contributed by atoms with Crippen LogP contribution >= 0.6 is 11.6 Å². The molecule has 0 unspecified atom stereocenters. The van der Waals surface area contributed by atoms with Crippen molar-refractivity contribution in [2.45, 2.75) is 26.9 Å². The van der Waals surface area contributed by atoms with Crippen molar-refractivity contribution in [1.29, 1.82) is 0 Å². The number of hydrogen-bond acceptors (Lipinski definition) is 4. The number of ether oxygens (including phenoxy) is 2. The highest BCUT2D eigenvalue weighted by Gasteiger charge is 2.11. The highest BCUT2D eigenvalue weighted by Crippen LogP contribution is 2.28. The van der Waals surface area contributed by atoms with Gasteiger partial charge in [0.05, 0.1) is 17.7 Å². The fraction of sp³-hybridized carbons (Fsp3) is 0.263. The molecule has 0 spiro atoms. The molecule has 0 fully saturated rings. The molecule has 2 aromatic carbocycles. The molecule has 0 aliphatic heterocycles. The van der Waals surface area contributed by atoms with Gasteiger partial charge in [0.1, 0.15) is 5.75 Å². The zero-order valence-corrected chi connectivity index (χ0v) is 15.6. The Labute approximate surface area is 157 Å². The van der Waals surface area contributed by atoms with E-state index in [1.54, 1.807) is 49.4 Å². The van der Waals surface area contributed by atoms with Crippen molar-refractivity contribution in [2.75, 3.05) is 17.2 Å². The molecule has 0 bridgehead atoms. The predicted octanol–water partition coefficient (Wildman–Crippen LogP) is 4.95. The third-order valence-electron chi connectivity index (χ3n) is 3.20. The van der Waals surface area contributed by atoms with E-state index in [-0.39, 0.29) is 18.6 Å². The van der Waals surface area contributed by atoms with Crippen LogP contribution in [0.4, 0.5) is 16.2 Å². The number of hydrogen-bond donors (Lipinski definition) is 2. The van der Waals surface area contributed by atoms with Gasteiger partial charge in [0, 0.05) is 16.9 Å². The Bertz CT molecular complexity index is 793. The Morgan fingerprint density at radius 3 is 2.46 bits per heavy atom. The maximum absolute atomic E-state index is 12.4. The van der Waals surface area contributed by atoms with Gasteiger partial charge in [-0.3, -0.25) is 10.1 Å². The molecular weight excluding hydrogens is 356 g/mol. The van der Waals surface area contributed by atoms with Gasteiger partial charge in [-0.25, -0.2) is 4.79 Å². The molecule has 26 heavy (non-hydrogen) atoms. The zero-order chi connectivity index (χ0) is 19.1. The Morgan fingerprint density at radius 1 is 1.08 bits per heavy atom. The maximum atomic E-state index is 12.4. The lowest BCUT2D eigenvalue weighted by atomic mass is 10.2.